The normalized spacial score (nSPS) is 12.1. The number of rotatable bonds is 5. The summed E-state index contributed by atoms with van der Waals surface area (Å²) in [5.74, 6) is 0.718. The van der Waals surface area contributed by atoms with E-state index in [2.05, 4.69) is 215 Å². The maximum atomic E-state index is 5.36. The third-order valence-electron chi connectivity index (χ3n) is 13.1. The molecule has 0 aliphatic rings. The van der Waals surface area contributed by atoms with E-state index in [0.29, 0.717) is 0 Å². The summed E-state index contributed by atoms with van der Waals surface area (Å²) in [6.45, 7) is 0. The van der Waals surface area contributed by atoms with Gasteiger partial charge in [-0.15, -0.1) is 11.3 Å². The molecule has 0 bridgehead atoms. The van der Waals surface area contributed by atoms with Gasteiger partial charge in [0, 0.05) is 59.2 Å². The maximum Gasteiger partial charge on any atom is 0.160 e. The SMILES string of the molecule is c1ccc(-c2ccc(-c3nc(-c4ccc(-n5c6ccccc6c6cc7c8cc(-c9ccccc9)ccc8n8c9ccccc9c(c65)c78)cc4)nc4c3sc3ccccc34)cc2)cc1. The van der Waals surface area contributed by atoms with Crippen molar-refractivity contribution < 1.29 is 0 Å². The Bertz CT molecular complexity index is 4100. The average Bonchev–Trinajstić information content (AvgIpc) is 4.10. The summed E-state index contributed by atoms with van der Waals surface area (Å²) >= 11 is 1.76. The van der Waals surface area contributed by atoms with Crippen LogP contribution in [0.25, 0.3) is 131 Å². The van der Waals surface area contributed by atoms with Crippen molar-refractivity contribution in [1.29, 1.82) is 0 Å². The lowest BCUT2D eigenvalue weighted by Crippen LogP contribution is -1.96. The fraction of sp³-hybridized carbons (Fsp3) is 0. The molecule has 4 nitrogen and oxygen atoms in total. The number of hydrogen-bond donors (Lipinski definition) is 0. The Morgan fingerprint density at radius 2 is 0.937 bits per heavy atom. The highest BCUT2D eigenvalue weighted by atomic mass is 32.1. The molecule has 292 valence electrons. The number of thiophene rings is 1. The zero-order valence-corrected chi connectivity index (χ0v) is 34.6. The number of para-hydroxylation sites is 2. The van der Waals surface area contributed by atoms with E-state index in [-0.39, 0.29) is 0 Å². The molecule has 0 amide bonds. The second-order valence-corrected chi connectivity index (χ2v) is 17.6. The highest BCUT2D eigenvalue weighted by molar-refractivity contribution is 7.26. The molecule has 0 unspecified atom stereocenters. The van der Waals surface area contributed by atoms with Gasteiger partial charge >= 0.3 is 0 Å². The van der Waals surface area contributed by atoms with Gasteiger partial charge in [0.1, 0.15) is 0 Å². The molecular weight excluding hydrogens is 785 g/mol. The van der Waals surface area contributed by atoms with Crippen LogP contribution in [0.2, 0.25) is 0 Å². The van der Waals surface area contributed by atoms with Crippen molar-refractivity contribution >= 4 is 91.5 Å². The molecule has 5 heteroatoms. The van der Waals surface area contributed by atoms with E-state index in [1.54, 1.807) is 11.3 Å². The predicted octanol–water partition coefficient (Wildman–Crippen LogP) is 15.8. The first-order valence-corrected chi connectivity index (χ1v) is 22.2. The van der Waals surface area contributed by atoms with Crippen molar-refractivity contribution in [3.63, 3.8) is 0 Å². The Balaban J connectivity index is 0.972. The molecule has 0 aliphatic carbocycles. The number of benzene rings is 9. The molecule has 0 radical (unpaired) electrons. The van der Waals surface area contributed by atoms with Crippen LogP contribution < -0.4 is 0 Å². The lowest BCUT2D eigenvalue weighted by molar-refractivity contribution is 1.18. The molecule has 14 rings (SSSR count). The second kappa shape index (κ2) is 13.2. The van der Waals surface area contributed by atoms with Gasteiger partial charge in [-0.3, -0.25) is 0 Å². The van der Waals surface area contributed by atoms with Gasteiger partial charge in [0.2, 0.25) is 0 Å². The van der Waals surface area contributed by atoms with Crippen LogP contribution in [-0.2, 0) is 0 Å². The zero-order valence-electron chi connectivity index (χ0n) is 33.8. The van der Waals surface area contributed by atoms with Crippen LogP contribution in [0.3, 0.4) is 0 Å². The summed E-state index contributed by atoms with van der Waals surface area (Å²) in [6, 6.07) is 74.6. The molecule has 0 spiro atoms. The fourth-order valence-electron chi connectivity index (χ4n) is 10.2. The van der Waals surface area contributed by atoms with E-state index in [9.17, 15) is 0 Å². The van der Waals surface area contributed by atoms with Crippen LogP contribution in [0.15, 0.2) is 206 Å². The smallest absolute Gasteiger partial charge is 0.160 e. The molecule has 9 aromatic carbocycles. The summed E-state index contributed by atoms with van der Waals surface area (Å²) < 4.78 is 7.28. The van der Waals surface area contributed by atoms with Crippen molar-refractivity contribution in [2.24, 2.45) is 0 Å². The molecule has 5 heterocycles. The van der Waals surface area contributed by atoms with Crippen molar-refractivity contribution in [3.05, 3.63) is 206 Å². The van der Waals surface area contributed by atoms with Crippen molar-refractivity contribution in [2.45, 2.75) is 0 Å². The quantitative estimate of drug-likeness (QED) is 0.173. The third kappa shape index (κ3) is 5.03. The zero-order chi connectivity index (χ0) is 41.2. The Labute approximate surface area is 365 Å². The van der Waals surface area contributed by atoms with Crippen LogP contribution in [-0.4, -0.2) is 18.9 Å². The van der Waals surface area contributed by atoms with E-state index in [0.717, 1.165) is 43.9 Å². The third-order valence-corrected chi connectivity index (χ3v) is 14.2. The van der Waals surface area contributed by atoms with Gasteiger partial charge in [0.25, 0.3) is 0 Å². The molecule has 14 aromatic rings. The van der Waals surface area contributed by atoms with E-state index >= 15 is 0 Å². The van der Waals surface area contributed by atoms with Gasteiger partial charge in [-0.1, -0.05) is 146 Å². The molecule has 0 N–H and O–H groups in total. The minimum Gasteiger partial charge on any atom is -0.309 e. The first-order chi connectivity index (χ1) is 31.2. The molecule has 0 aliphatic heterocycles. The van der Waals surface area contributed by atoms with E-state index in [1.807, 2.05) is 0 Å². The summed E-state index contributed by atoms with van der Waals surface area (Å²) in [7, 11) is 0. The van der Waals surface area contributed by atoms with Gasteiger partial charge in [-0.25, -0.2) is 9.97 Å². The highest BCUT2D eigenvalue weighted by Gasteiger charge is 2.25. The maximum absolute atomic E-state index is 5.36. The molecule has 5 aromatic heterocycles. The van der Waals surface area contributed by atoms with Gasteiger partial charge in [0.15, 0.2) is 5.82 Å². The predicted molar refractivity (Wildman–Crippen MR) is 266 cm³/mol. The van der Waals surface area contributed by atoms with Crippen molar-refractivity contribution in [1.82, 2.24) is 18.9 Å². The monoisotopic (exact) mass is 818 g/mol. The summed E-state index contributed by atoms with van der Waals surface area (Å²) in [4.78, 5) is 10.7. The summed E-state index contributed by atoms with van der Waals surface area (Å²) in [6.07, 6.45) is 0. The Morgan fingerprint density at radius 1 is 0.365 bits per heavy atom. The minimum absolute atomic E-state index is 0.718. The summed E-state index contributed by atoms with van der Waals surface area (Å²) in [5.41, 5.74) is 16.0. The molecule has 0 atom stereocenters. The number of hydrogen-bond acceptors (Lipinski definition) is 3. The molecule has 63 heavy (non-hydrogen) atoms. The van der Waals surface area contributed by atoms with Gasteiger partial charge < -0.3 is 8.97 Å². The van der Waals surface area contributed by atoms with E-state index in [4.69, 9.17) is 9.97 Å². The van der Waals surface area contributed by atoms with Crippen LogP contribution >= 0.6 is 11.3 Å². The van der Waals surface area contributed by atoms with Crippen LogP contribution in [0.5, 0.6) is 0 Å². The van der Waals surface area contributed by atoms with Gasteiger partial charge in [-0.05, 0) is 82.9 Å². The lowest BCUT2D eigenvalue weighted by Gasteiger charge is -2.11. The molecular formula is C58H34N4S. The molecule has 0 fully saturated rings. The lowest BCUT2D eigenvalue weighted by atomic mass is 10.00. The van der Waals surface area contributed by atoms with Crippen LogP contribution in [0.1, 0.15) is 0 Å². The van der Waals surface area contributed by atoms with Crippen LogP contribution in [0.4, 0.5) is 0 Å². The number of aromatic nitrogens is 4. The minimum atomic E-state index is 0.718. The Hall–Kier alpha value is -8.12. The first kappa shape index (κ1) is 34.6. The van der Waals surface area contributed by atoms with E-state index in [1.165, 1.54) is 86.9 Å². The molecule has 0 saturated heterocycles. The highest BCUT2D eigenvalue weighted by Crippen LogP contribution is 2.47. The fourth-order valence-corrected chi connectivity index (χ4v) is 11.4. The van der Waals surface area contributed by atoms with Crippen LogP contribution in [0, 0.1) is 0 Å². The topological polar surface area (TPSA) is 35.1 Å². The number of fused-ring (bicyclic) bond motifs is 13. The Kier molecular flexibility index (Phi) is 7.24. The molecule has 0 saturated carbocycles. The average molecular weight is 819 g/mol. The largest absolute Gasteiger partial charge is 0.309 e. The standard InChI is InChI=1S/C58H34N4S/c1-3-13-35(14-4-1)37-23-25-38(26-24-37)53-57-54(44-19-9-12-22-51(44)63-57)60-58(59-53)39-27-30-41(31-28-39)61-48-20-10-7-17-42(48)46-34-47-45-33-40(36-15-5-2-6-16-36)29-32-50(45)62-49-21-11-8-18-43(49)52(55(46)61)56(47)62/h1-34H. The van der Waals surface area contributed by atoms with Gasteiger partial charge in [-0.2, -0.15) is 0 Å². The van der Waals surface area contributed by atoms with E-state index < -0.39 is 0 Å². The first-order valence-electron chi connectivity index (χ1n) is 21.4. The van der Waals surface area contributed by atoms with Gasteiger partial charge in [0.05, 0.1) is 43.5 Å². The number of nitrogens with zero attached hydrogens (tertiary/aromatic N) is 4. The van der Waals surface area contributed by atoms with Crippen molar-refractivity contribution in [3.8, 4) is 50.6 Å². The Morgan fingerprint density at radius 3 is 1.71 bits per heavy atom. The second-order valence-electron chi connectivity index (χ2n) is 16.5. The summed E-state index contributed by atoms with van der Waals surface area (Å²) in [5, 5.41) is 8.72. The van der Waals surface area contributed by atoms with Crippen molar-refractivity contribution in [2.75, 3.05) is 0 Å².